The van der Waals surface area contributed by atoms with Crippen molar-refractivity contribution in [2.45, 2.75) is 38.0 Å². The van der Waals surface area contributed by atoms with Crippen LogP contribution in [-0.2, 0) is 26.0 Å². The number of nitrogens with zero attached hydrogens (tertiary/aromatic N) is 1. The summed E-state index contributed by atoms with van der Waals surface area (Å²) in [5.74, 6) is -0.682. The molecule has 0 bridgehead atoms. The Hall–Kier alpha value is -0.920. The van der Waals surface area contributed by atoms with Crippen molar-refractivity contribution >= 4 is 31.9 Å². The zero-order chi connectivity index (χ0) is 17.0. The highest BCUT2D eigenvalue weighted by Gasteiger charge is 2.34. The maximum Gasteiger partial charge on any atom is 0.310 e. The summed E-state index contributed by atoms with van der Waals surface area (Å²) in [6, 6.07) is 5.20. The van der Waals surface area contributed by atoms with Gasteiger partial charge in [0.15, 0.2) is 0 Å². The van der Waals surface area contributed by atoms with E-state index in [0.29, 0.717) is 37.3 Å². The summed E-state index contributed by atoms with van der Waals surface area (Å²) < 4.78 is 33.2. The van der Waals surface area contributed by atoms with Crippen molar-refractivity contribution in [1.29, 1.82) is 0 Å². The molecule has 0 radical (unpaired) electrons. The van der Waals surface area contributed by atoms with Gasteiger partial charge in [-0.1, -0.05) is 22.9 Å². The van der Waals surface area contributed by atoms with Gasteiger partial charge in [0.25, 0.3) is 0 Å². The number of carbonyl (C=O) groups excluding carboxylic acids is 1. The average Bonchev–Trinajstić information content (AvgIpc) is 2.54. The van der Waals surface area contributed by atoms with Gasteiger partial charge >= 0.3 is 5.97 Å². The number of esters is 1. The van der Waals surface area contributed by atoms with E-state index in [2.05, 4.69) is 15.9 Å². The highest BCUT2D eigenvalue weighted by molar-refractivity contribution is 9.10. The number of aryl methyl sites for hydroxylation is 1. The first-order valence-corrected chi connectivity index (χ1v) is 10.1. The molecule has 0 N–H and O–H groups in total. The fraction of sp³-hybridized carbons (Fsp3) is 0.562. The maximum absolute atomic E-state index is 13.0. The molecule has 1 aliphatic heterocycles. The van der Waals surface area contributed by atoms with Crippen molar-refractivity contribution in [2.24, 2.45) is 5.92 Å². The topological polar surface area (TPSA) is 63.7 Å². The standard InChI is InChI=1S/C16H22BrNO4S/c1-3-12-10-14(17)7-8-15(12)23(20,21)18-9-5-6-13(11-18)16(19)22-4-2/h7-8,10,13H,3-6,9,11H2,1-2H3. The highest BCUT2D eigenvalue weighted by Crippen LogP contribution is 2.28. The summed E-state index contributed by atoms with van der Waals surface area (Å²) in [5.41, 5.74) is 0.776. The summed E-state index contributed by atoms with van der Waals surface area (Å²) in [4.78, 5) is 12.3. The van der Waals surface area contributed by atoms with Crippen molar-refractivity contribution < 1.29 is 17.9 Å². The third-order valence-corrected chi connectivity index (χ3v) is 6.48. The second-order valence-electron chi connectivity index (χ2n) is 5.56. The molecule has 23 heavy (non-hydrogen) atoms. The van der Waals surface area contributed by atoms with Gasteiger partial charge in [-0.15, -0.1) is 0 Å². The molecule has 1 fully saturated rings. The first-order chi connectivity index (χ1) is 10.9. The van der Waals surface area contributed by atoms with Crippen molar-refractivity contribution in [1.82, 2.24) is 4.31 Å². The Morgan fingerprint density at radius 2 is 2.13 bits per heavy atom. The Kier molecular flexibility index (Phi) is 6.22. The summed E-state index contributed by atoms with van der Waals surface area (Å²) in [6.07, 6.45) is 1.97. The number of ether oxygens (including phenoxy) is 1. The zero-order valence-electron chi connectivity index (χ0n) is 13.4. The second kappa shape index (κ2) is 7.77. The van der Waals surface area contributed by atoms with Crippen LogP contribution in [0.2, 0.25) is 0 Å². The van der Waals surface area contributed by atoms with Gasteiger partial charge in [0.1, 0.15) is 0 Å². The fourth-order valence-corrected chi connectivity index (χ4v) is 5.04. The Bertz CT molecular complexity index is 675. The normalized spacial score (nSPS) is 19.5. The van der Waals surface area contributed by atoms with Crippen LogP contribution in [0.5, 0.6) is 0 Å². The molecule has 1 aliphatic rings. The average molecular weight is 404 g/mol. The molecule has 1 unspecified atom stereocenters. The monoisotopic (exact) mass is 403 g/mol. The van der Waals surface area contributed by atoms with Crippen LogP contribution in [0.4, 0.5) is 0 Å². The van der Waals surface area contributed by atoms with Gasteiger partial charge in [0.2, 0.25) is 10.0 Å². The zero-order valence-corrected chi connectivity index (χ0v) is 15.8. The molecule has 0 spiro atoms. The van der Waals surface area contributed by atoms with Crippen LogP contribution in [-0.4, -0.2) is 38.4 Å². The predicted molar refractivity (Wildman–Crippen MR) is 91.6 cm³/mol. The summed E-state index contributed by atoms with van der Waals surface area (Å²) in [6.45, 7) is 4.63. The van der Waals surface area contributed by atoms with E-state index in [4.69, 9.17) is 4.74 Å². The molecule has 1 atom stereocenters. The highest BCUT2D eigenvalue weighted by atomic mass is 79.9. The number of rotatable bonds is 5. The first kappa shape index (κ1) is 18.4. The fourth-order valence-electron chi connectivity index (χ4n) is 2.83. The molecule has 0 aromatic heterocycles. The minimum Gasteiger partial charge on any atom is -0.466 e. The lowest BCUT2D eigenvalue weighted by Crippen LogP contribution is -2.43. The number of hydrogen-bond donors (Lipinski definition) is 0. The minimum atomic E-state index is -3.60. The molecule has 1 saturated heterocycles. The van der Waals surface area contributed by atoms with Crippen molar-refractivity contribution in [3.05, 3.63) is 28.2 Å². The summed E-state index contributed by atoms with van der Waals surface area (Å²) in [5, 5.41) is 0. The number of benzene rings is 1. The van der Waals surface area contributed by atoms with Crippen LogP contribution in [0.15, 0.2) is 27.6 Å². The lowest BCUT2D eigenvalue weighted by Gasteiger charge is -2.31. The van der Waals surface area contributed by atoms with Crippen LogP contribution in [0.3, 0.4) is 0 Å². The van der Waals surface area contributed by atoms with E-state index in [1.165, 1.54) is 4.31 Å². The van der Waals surface area contributed by atoms with Crippen molar-refractivity contribution in [3.8, 4) is 0 Å². The van der Waals surface area contributed by atoms with E-state index >= 15 is 0 Å². The summed E-state index contributed by atoms with van der Waals surface area (Å²) >= 11 is 3.38. The van der Waals surface area contributed by atoms with Gasteiger partial charge in [-0.3, -0.25) is 4.79 Å². The molecule has 5 nitrogen and oxygen atoms in total. The van der Waals surface area contributed by atoms with Crippen LogP contribution in [0.25, 0.3) is 0 Å². The molecule has 1 heterocycles. The van der Waals surface area contributed by atoms with E-state index in [-0.39, 0.29) is 18.4 Å². The van der Waals surface area contributed by atoms with Crippen LogP contribution < -0.4 is 0 Å². The van der Waals surface area contributed by atoms with Crippen molar-refractivity contribution in [3.63, 3.8) is 0 Å². The predicted octanol–water partition coefficient (Wildman–Crippen LogP) is 2.98. The Balaban J connectivity index is 2.27. The van der Waals surface area contributed by atoms with E-state index in [1.54, 1.807) is 19.1 Å². The Labute approximate surface area is 146 Å². The Morgan fingerprint density at radius 1 is 1.39 bits per heavy atom. The lowest BCUT2D eigenvalue weighted by atomic mass is 10.0. The molecule has 1 aromatic rings. The Morgan fingerprint density at radius 3 is 2.78 bits per heavy atom. The second-order valence-corrected chi connectivity index (χ2v) is 8.38. The number of piperidine rings is 1. The van der Waals surface area contributed by atoms with E-state index in [1.807, 2.05) is 13.0 Å². The molecular formula is C16H22BrNO4S. The largest absolute Gasteiger partial charge is 0.466 e. The maximum atomic E-state index is 13.0. The van der Waals surface area contributed by atoms with Gasteiger partial charge < -0.3 is 4.74 Å². The first-order valence-electron chi connectivity index (χ1n) is 7.85. The van der Waals surface area contributed by atoms with E-state index in [9.17, 15) is 13.2 Å². The SMILES string of the molecule is CCOC(=O)C1CCCN(S(=O)(=O)c2ccc(Br)cc2CC)C1. The third-order valence-electron chi connectivity index (χ3n) is 4.03. The van der Waals surface area contributed by atoms with E-state index < -0.39 is 10.0 Å². The number of halogens is 1. The molecule has 128 valence electrons. The lowest BCUT2D eigenvalue weighted by molar-refractivity contribution is -0.149. The third kappa shape index (κ3) is 4.14. The molecular weight excluding hydrogens is 382 g/mol. The van der Waals surface area contributed by atoms with Gasteiger partial charge in [-0.05, 0) is 49.9 Å². The van der Waals surface area contributed by atoms with Gasteiger partial charge in [0, 0.05) is 17.6 Å². The molecule has 2 rings (SSSR count). The van der Waals surface area contributed by atoms with Crippen LogP contribution in [0.1, 0.15) is 32.3 Å². The number of sulfonamides is 1. The van der Waals surface area contributed by atoms with Gasteiger partial charge in [-0.25, -0.2) is 8.42 Å². The molecule has 0 saturated carbocycles. The quantitative estimate of drug-likeness (QED) is 0.708. The number of hydrogen-bond acceptors (Lipinski definition) is 4. The number of carbonyl (C=O) groups is 1. The summed E-state index contributed by atoms with van der Waals surface area (Å²) in [7, 11) is -3.60. The smallest absolute Gasteiger partial charge is 0.310 e. The molecule has 0 amide bonds. The molecule has 7 heteroatoms. The minimum absolute atomic E-state index is 0.195. The van der Waals surface area contributed by atoms with Crippen LogP contribution >= 0.6 is 15.9 Å². The van der Waals surface area contributed by atoms with Crippen LogP contribution in [0, 0.1) is 5.92 Å². The van der Waals surface area contributed by atoms with Gasteiger partial charge in [0.05, 0.1) is 17.4 Å². The molecule has 1 aromatic carbocycles. The van der Waals surface area contributed by atoms with E-state index in [0.717, 1.165) is 10.0 Å². The van der Waals surface area contributed by atoms with Gasteiger partial charge in [-0.2, -0.15) is 4.31 Å². The molecule has 0 aliphatic carbocycles. The van der Waals surface area contributed by atoms with Crippen molar-refractivity contribution in [2.75, 3.05) is 19.7 Å².